The summed E-state index contributed by atoms with van der Waals surface area (Å²) >= 11 is 7.57. The fourth-order valence-corrected chi connectivity index (χ4v) is 6.10. The van der Waals surface area contributed by atoms with Gasteiger partial charge in [0.2, 0.25) is 0 Å². The highest BCUT2D eigenvalue weighted by atomic mass is 32.1. The summed E-state index contributed by atoms with van der Waals surface area (Å²) in [5.41, 5.74) is -9.51. The Balaban J connectivity index is 1.90. The van der Waals surface area contributed by atoms with Gasteiger partial charge in [-0.1, -0.05) is 12.1 Å². The number of hydrogen-bond acceptors (Lipinski definition) is 3. The molecule has 0 saturated heterocycles. The molecule has 2 aromatic carbocycles. The molecule has 0 aromatic heterocycles. The van der Waals surface area contributed by atoms with E-state index in [0.717, 1.165) is 0 Å². The van der Waals surface area contributed by atoms with E-state index in [2.05, 4.69) is 25.3 Å². The van der Waals surface area contributed by atoms with E-state index < -0.39 is 85.7 Å². The lowest BCUT2D eigenvalue weighted by atomic mass is 9.80. The van der Waals surface area contributed by atoms with Gasteiger partial charge < -0.3 is 0 Å². The van der Waals surface area contributed by atoms with Crippen LogP contribution in [0.5, 0.6) is 0 Å². The van der Waals surface area contributed by atoms with Crippen LogP contribution in [0.3, 0.4) is 0 Å². The molecule has 4 unspecified atom stereocenters. The Morgan fingerprint density at radius 2 is 1.00 bits per heavy atom. The molecule has 0 heterocycles. The molecule has 0 aliphatic heterocycles. The number of carbonyl (C=O) groups excluding carboxylic acids is 1. The van der Waals surface area contributed by atoms with E-state index >= 15 is 0 Å². The minimum absolute atomic E-state index is 0.213. The zero-order chi connectivity index (χ0) is 25.7. The van der Waals surface area contributed by atoms with Gasteiger partial charge in [0.1, 0.15) is 34.1 Å². The van der Waals surface area contributed by atoms with Crippen LogP contribution >= 0.6 is 25.3 Å². The van der Waals surface area contributed by atoms with Crippen molar-refractivity contribution in [1.29, 1.82) is 0 Å². The number of halogens is 10. The average molecular weight is 534 g/mol. The maximum atomic E-state index is 14.3. The van der Waals surface area contributed by atoms with Crippen molar-refractivity contribution in [3.05, 3.63) is 70.8 Å². The molecule has 1 nitrogen and oxygen atoms in total. The zero-order valence-corrected chi connectivity index (χ0v) is 18.2. The van der Waals surface area contributed by atoms with Crippen LogP contribution in [0.2, 0.25) is 0 Å². The second-order valence-corrected chi connectivity index (χ2v) is 9.98. The van der Waals surface area contributed by atoms with Gasteiger partial charge in [-0.3, -0.25) is 4.79 Å². The summed E-state index contributed by atoms with van der Waals surface area (Å²) in [6.45, 7) is 0. The topological polar surface area (TPSA) is 17.1 Å². The number of thiol groups is 2. The molecule has 2 aliphatic carbocycles. The van der Waals surface area contributed by atoms with Gasteiger partial charge in [-0.25, -0.2) is 17.6 Å². The summed E-state index contributed by atoms with van der Waals surface area (Å²) in [6, 6.07) is 2.72. The third kappa shape index (κ3) is 3.01. The molecule has 2 saturated carbocycles. The fraction of sp³-hybridized carbons (Fsp3) is 0.381. The quantitative estimate of drug-likeness (QED) is 0.331. The largest absolute Gasteiger partial charge is 0.403 e. The number of hydrogen-bond donors (Lipinski definition) is 2. The molecule has 2 aliphatic rings. The number of Topliss-reactive ketones (excluding diaryl/α,β-unsaturated/α-hetero) is 1. The summed E-state index contributed by atoms with van der Waals surface area (Å²) in [7, 11) is 0. The molecule has 0 N–H and O–H groups in total. The van der Waals surface area contributed by atoms with Crippen molar-refractivity contribution in [3.8, 4) is 0 Å². The van der Waals surface area contributed by atoms with Crippen LogP contribution in [-0.4, -0.2) is 18.1 Å². The maximum absolute atomic E-state index is 14.3. The lowest BCUT2D eigenvalue weighted by molar-refractivity contribution is -0.221. The molecule has 13 heteroatoms. The molecule has 2 aromatic rings. The molecular weight excluding hydrogens is 522 g/mol. The van der Waals surface area contributed by atoms with Crippen molar-refractivity contribution in [1.82, 2.24) is 0 Å². The summed E-state index contributed by atoms with van der Waals surface area (Å²) in [5, 5.41) is 0. The number of ketones is 1. The van der Waals surface area contributed by atoms with Crippen molar-refractivity contribution < 1.29 is 48.7 Å². The molecule has 4 atom stereocenters. The second-order valence-electron chi connectivity index (χ2n) is 8.46. The highest BCUT2D eigenvalue weighted by Crippen LogP contribution is 2.83. The number of carbonyl (C=O) groups is 1. The molecule has 4 rings (SSSR count). The summed E-state index contributed by atoms with van der Waals surface area (Å²) in [6.07, 6.45) is -14.0. The van der Waals surface area contributed by atoms with Crippen LogP contribution in [0.4, 0.5) is 43.9 Å². The van der Waals surface area contributed by atoms with Crippen LogP contribution in [-0.2, 0) is 14.3 Å². The van der Waals surface area contributed by atoms with Gasteiger partial charge in [0, 0.05) is 23.3 Å². The molecule has 34 heavy (non-hydrogen) atoms. The van der Waals surface area contributed by atoms with Crippen molar-refractivity contribution in [3.63, 3.8) is 0 Å². The van der Waals surface area contributed by atoms with Crippen LogP contribution < -0.4 is 0 Å². The Morgan fingerprint density at radius 3 is 1.26 bits per heavy atom. The normalized spacial score (nSPS) is 33.1. The van der Waals surface area contributed by atoms with Crippen LogP contribution in [0.1, 0.15) is 24.0 Å². The first-order valence-corrected chi connectivity index (χ1v) is 10.3. The Labute approximate surface area is 196 Å². The second kappa shape index (κ2) is 7.08. The predicted molar refractivity (Wildman–Crippen MR) is 105 cm³/mol. The number of alkyl halides is 6. The van der Waals surface area contributed by atoms with Crippen molar-refractivity contribution in [2.75, 3.05) is 0 Å². The SMILES string of the molecule is O=C(C1(C(F)(F)F)CC1(S)c1ccc(F)cc1F)C1(C(F)(F)F)CC1(S)c1ccc(F)cc1F. The van der Waals surface area contributed by atoms with Crippen molar-refractivity contribution in [2.24, 2.45) is 10.8 Å². The highest BCUT2D eigenvalue weighted by molar-refractivity contribution is 7.82. The van der Waals surface area contributed by atoms with Gasteiger partial charge in [0.05, 0.1) is 9.49 Å². The third-order valence-electron chi connectivity index (χ3n) is 6.70. The monoisotopic (exact) mass is 534 g/mol. The van der Waals surface area contributed by atoms with Crippen LogP contribution in [0, 0.1) is 34.1 Å². The number of benzene rings is 2. The molecule has 0 amide bonds. The Kier molecular flexibility index (Phi) is 5.25. The van der Waals surface area contributed by atoms with E-state index in [0.29, 0.717) is 24.3 Å². The lowest BCUT2D eigenvalue weighted by Crippen LogP contribution is -2.49. The van der Waals surface area contributed by atoms with Gasteiger partial charge in [0.25, 0.3) is 0 Å². The minimum atomic E-state index is -5.65. The Bertz CT molecular complexity index is 1120. The van der Waals surface area contributed by atoms with Gasteiger partial charge in [0.15, 0.2) is 5.78 Å². The number of rotatable bonds is 4. The Morgan fingerprint density at radius 1 is 0.676 bits per heavy atom. The fourth-order valence-electron chi connectivity index (χ4n) is 4.81. The zero-order valence-electron chi connectivity index (χ0n) is 16.5. The summed E-state index contributed by atoms with van der Waals surface area (Å²) in [5.74, 6) is -7.83. The van der Waals surface area contributed by atoms with Gasteiger partial charge in [-0.15, -0.1) is 0 Å². The van der Waals surface area contributed by atoms with Gasteiger partial charge in [-0.05, 0) is 25.0 Å². The summed E-state index contributed by atoms with van der Waals surface area (Å²) in [4.78, 5) is 13.3. The standard InChI is InChI=1S/C21H12F10OS2/c22-9-1-3-11(13(24)5-9)18(33)7-16(18,20(26,27)28)15(32)17(21(29,30)31)8-19(17,34)12-4-2-10(23)6-14(12)25/h1-6,33-34H,7-8H2. The van der Waals surface area contributed by atoms with Crippen molar-refractivity contribution in [2.45, 2.75) is 34.7 Å². The van der Waals surface area contributed by atoms with Crippen LogP contribution in [0.15, 0.2) is 36.4 Å². The molecule has 2 fully saturated rings. The predicted octanol–water partition coefficient (Wildman–Crippen LogP) is 6.67. The molecule has 0 radical (unpaired) electrons. The lowest BCUT2D eigenvalue weighted by Gasteiger charge is -2.32. The maximum Gasteiger partial charge on any atom is 0.403 e. The van der Waals surface area contributed by atoms with E-state index in [1.54, 1.807) is 0 Å². The third-order valence-corrected chi connectivity index (χ3v) is 8.26. The highest BCUT2D eigenvalue weighted by Gasteiger charge is 2.93. The molecule has 184 valence electrons. The molecule has 0 spiro atoms. The summed E-state index contributed by atoms with van der Waals surface area (Å²) < 4.78 is 135. The first kappa shape index (κ1) is 25.2. The first-order valence-electron chi connectivity index (χ1n) is 9.43. The van der Waals surface area contributed by atoms with Crippen molar-refractivity contribution >= 4 is 31.0 Å². The smallest absolute Gasteiger partial charge is 0.298 e. The van der Waals surface area contributed by atoms with Gasteiger partial charge >= 0.3 is 12.4 Å². The van der Waals surface area contributed by atoms with E-state index in [4.69, 9.17) is 0 Å². The van der Waals surface area contributed by atoms with E-state index in [-0.39, 0.29) is 12.1 Å². The minimum Gasteiger partial charge on any atom is -0.298 e. The molecule has 0 bridgehead atoms. The van der Waals surface area contributed by atoms with E-state index in [1.807, 2.05) is 0 Å². The van der Waals surface area contributed by atoms with Gasteiger partial charge in [-0.2, -0.15) is 51.6 Å². The van der Waals surface area contributed by atoms with E-state index in [1.165, 1.54) is 0 Å². The van der Waals surface area contributed by atoms with E-state index in [9.17, 15) is 48.7 Å². The average Bonchev–Trinajstić information content (AvgIpc) is 3.52. The van der Waals surface area contributed by atoms with Crippen LogP contribution in [0.25, 0.3) is 0 Å². The molecular formula is C21H12F10OS2. The first-order chi connectivity index (χ1) is 15.4. The Hall–Kier alpha value is -1.89.